The lowest BCUT2D eigenvalue weighted by molar-refractivity contribution is 0.0523. The van der Waals surface area contributed by atoms with Crippen molar-refractivity contribution in [1.82, 2.24) is 9.88 Å². The van der Waals surface area contributed by atoms with Gasteiger partial charge in [-0.3, -0.25) is 0 Å². The van der Waals surface area contributed by atoms with Gasteiger partial charge in [0.25, 0.3) is 0 Å². The van der Waals surface area contributed by atoms with Crippen molar-refractivity contribution in [1.29, 1.82) is 0 Å². The second-order valence-electron chi connectivity index (χ2n) is 6.10. The molecule has 2 rings (SSSR count). The van der Waals surface area contributed by atoms with Crippen LogP contribution in [0.5, 0.6) is 0 Å². The molecule has 0 radical (unpaired) electrons. The van der Waals surface area contributed by atoms with Crippen molar-refractivity contribution in [2.75, 3.05) is 0 Å². The molecule has 0 aliphatic heterocycles. The topological polar surface area (TPSA) is 80.6 Å². The van der Waals surface area contributed by atoms with Crippen LogP contribution >= 0.6 is 0 Å². The molecule has 0 aliphatic carbocycles. The minimum absolute atomic E-state index is 0.208. The Bertz CT molecular complexity index is 726. The number of carbonyl (C=O) groups is 2. The number of carboxylic acid groups (broad SMARTS) is 1. The Labute approximate surface area is 128 Å². The van der Waals surface area contributed by atoms with Gasteiger partial charge in [0.1, 0.15) is 11.3 Å². The SMILES string of the molecule is Cn1c(C(=O)O)cc2c(CNC(=O)OC(C)(C)C)cccc21. The summed E-state index contributed by atoms with van der Waals surface area (Å²) in [6.07, 6.45) is -0.501. The van der Waals surface area contributed by atoms with Gasteiger partial charge in [-0.05, 0) is 38.5 Å². The zero-order valence-electron chi connectivity index (χ0n) is 13.1. The van der Waals surface area contributed by atoms with E-state index in [4.69, 9.17) is 4.74 Å². The van der Waals surface area contributed by atoms with Gasteiger partial charge in [-0.15, -0.1) is 0 Å². The molecule has 0 aliphatic rings. The monoisotopic (exact) mass is 304 g/mol. The van der Waals surface area contributed by atoms with Gasteiger partial charge < -0.3 is 19.7 Å². The highest BCUT2D eigenvalue weighted by Crippen LogP contribution is 2.23. The molecule has 0 spiro atoms. The minimum atomic E-state index is -0.982. The molecule has 0 bridgehead atoms. The molecular formula is C16H20N2O4. The number of nitrogens with one attached hydrogen (secondary N) is 1. The van der Waals surface area contributed by atoms with Crippen LogP contribution in [-0.2, 0) is 18.3 Å². The predicted octanol–water partition coefficient (Wildman–Crippen LogP) is 2.90. The summed E-state index contributed by atoms with van der Waals surface area (Å²) in [4.78, 5) is 22.9. The molecule has 0 saturated carbocycles. The molecule has 0 saturated heterocycles. The highest BCUT2D eigenvalue weighted by atomic mass is 16.6. The number of alkyl carbamates (subject to hydrolysis) is 1. The zero-order chi connectivity index (χ0) is 16.5. The van der Waals surface area contributed by atoms with Gasteiger partial charge >= 0.3 is 12.1 Å². The van der Waals surface area contributed by atoms with E-state index in [-0.39, 0.29) is 12.2 Å². The summed E-state index contributed by atoms with van der Waals surface area (Å²) in [5.74, 6) is -0.982. The number of hydrogen-bond acceptors (Lipinski definition) is 3. The quantitative estimate of drug-likeness (QED) is 0.913. The van der Waals surface area contributed by atoms with Crippen LogP contribution in [0.3, 0.4) is 0 Å². The van der Waals surface area contributed by atoms with E-state index in [1.54, 1.807) is 38.5 Å². The molecule has 2 aromatic rings. The zero-order valence-corrected chi connectivity index (χ0v) is 13.1. The first-order valence-corrected chi connectivity index (χ1v) is 6.96. The predicted molar refractivity (Wildman–Crippen MR) is 83.0 cm³/mol. The fourth-order valence-electron chi connectivity index (χ4n) is 2.26. The third-order valence-corrected chi connectivity index (χ3v) is 3.22. The number of amides is 1. The Morgan fingerprint density at radius 3 is 2.59 bits per heavy atom. The van der Waals surface area contributed by atoms with Gasteiger partial charge in [0.15, 0.2) is 0 Å². The summed E-state index contributed by atoms with van der Waals surface area (Å²) in [5.41, 5.74) is 1.30. The van der Waals surface area contributed by atoms with E-state index in [0.717, 1.165) is 16.5 Å². The maximum atomic E-state index is 11.7. The van der Waals surface area contributed by atoms with Crippen LogP contribution in [0, 0.1) is 0 Å². The molecule has 6 heteroatoms. The van der Waals surface area contributed by atoms with E-state index in [0.29, 0.717) is 0 Å². The lowest BCUT2D eigenvalue weighted by Gasteiger charge is -2.19. The molecule has 6 nitrogen and oxygen atoms in total. The van der Waals surface area contributed by atoms with Gasteiger partial charge in [0.05, 0.1) is 0 Å². The van der Waals surface area contributed by atoms with Crippen LogP contribution < -0.4 is 5.32 Å². The normalized spacial score (nSPS) is 11.5. The van der Waals surface area contributed by atoms with Crippen molar-refractivity contribution in [3.63, 3.8) is 0 Å². The Kier molecular flexibility index (Phi) is 4.12. The lowest BCUT2D eigenvalue weighted by atomic mass is 10.1. The molecule has 118 valence electrons. The van der Waals surface area contributed by atoms with E-state index < -0.39 is 17.7 Å². The first-order chi connectivity index (χ1) is 10.2. The van der Waals surface area contributed by atoms with E-state index in [1.165, 1.54) is 0 Å². The number of aromatic carboxylic acids is 1. The van der Waals surface area contributed by atoms with Crippen LogP contribution in [0.15, 0.2) is 24.3 Å². The van der Waals surface area contributed by atoms with Gasteiger partial charge in [0, 0.05) is 24.5 Å². The third-order valence-electron chi connectivity index (χ3n) is 3.22. The maximum Gasteiger partial charge on any atom is 0.407 e. The van der Waals surface area contributed by atoms with Crippen molar-refractivity contribution in [3.8, 4) is 0 Å². The maximum absolute atomic E-state index is 11.7. The van der Waals surface area contributed by atoms with Crippen LogP contribution in [0.1, 0.15) is 36.8 Å². The highest BCUT2D eigenvalue weighted by molar-refractivity contribution is 5.95. The molecule has 1 heterocycles. The van der Waals surface area contributed by atoms with Crippen LogP contribution in [0.4, 0.5) is 4.79 Å². The minimum Gasteiger partial charge on any atom is -0.477 e. The van der Waals surface area contributed by atoms with Gasteiger partial charge in [-0.1, -0.05) is 12.1 Å². The molecule has 0 fully saturated rings. The largest absolute Gasteiger partial charge is 0.477 e. The lowest BCUT2D eigenvalue weighted by Crippen LogP contribution is -2.32. The average molecular weight is 304 g/mol. The van der Waals surface area contributed by atoms with Crippen molar-refractivity contribution < 1.29 is 19.4 Å². The summed E-state index contributed by atoms with van der Waals surface area (Å²) < 4.78 is 6.81. The number of ether oxygens (including phenoxy) is 1. The summed E-state index contributed by atoms with van der Waals surface area (Å²) in [7, 11) is 1.71. The fourth-order valence-corrected chi connectivity index (χ4v) is 2.26. The smallest absolute Gasteiger partial charge is 0.407 e. The molecule has 22 heavy (non-hydrogen) atoms. The van der Waals surface area contributed by atoms with E-state index >= 15 is 0 Å². The number of benzene rings is 1. The standard InChI is InChI=1S/C16H20N2O4/c1-16(2,3)22-15(21)17-9-10-6-5-7-12-11(10)8-13(14(19)20)18(12)4/h5-8H,9H2,1-4H3,(H,17,21)(H,19,20). The molecule has 0 unspecified atom stereocenters. The first kappa shape index (κ1) is 15.9. The Morgan fingerprint density at radius 1 is 1.32 bits per heavy atom. The van der Waals surface area contributed by atoms with Crippen LogP contribution in [-0.4, -0.2) is 27.3 Å². The summed E-state index contributed by atoms with van der Waals surface area (Å²) in [6.45, 7) is 5.66. The van der Waals surface area contributed by atoms with Crippen molar-refractivity contribution in [2.24, 2.45) is 7.05 Å². The van der Waals surface area contributed by atoms with E-state index in [9.17, 15) is 14.7 Å². The van der Waals surface area contributed by atoms with Crippen LogP contribution in [0.2, 0.25) is 0 Å². The second-order valence-corrected chi connectivity index (χ2v) is 6.10. The first-order valence-electron chi connectivity index (χ1n) is 6.96. The fraction of sp³-hybridized carbons (Fsp3) is 0.375. The number of nitrogens with zero attached hydrogens (tertiary/aromatic N) is 1. The van der Waals surface area contributed by atoms with Gasteiger partial charge in [-0.25, -0.2) is 9.59 Å². The summed E-state index contributed by atoms with van der Waals surface area (Å²) in [6, 6.07) is 7.15. The molecule has 1 aromatic carbocycles. The highest BCUT2D eigenvalue weighted by Gasteiger charge is 2.17. The second kappa shape index (κ2) is 5.71. The number of fused-ring (bicyclic) bond motifs is 1. The van der Waals surface area contributed by atoms with E-state index in [1.807, 2.05) is 18.2 Å². The third kappa shape index (κ3) is 3.39. The summed E-state index contributed by atoms with van der Waals surface area (Å²) >= 11 is 0. The number of carbonyl (C=O) groups excluding carboxylic acids is 1. The number of carboxylic acids is 1. The number of aryl methyl sites for hydroxylation is 1. The Morgan fingerprint density at radius 2 is 2.00 bits per heavy atom. The van der Waals surface area contributed by atoms with Crippen molar-refractivity contribution in [2.45, 2.75) is 32.9 Å². The number of hydrogen-bond donors (Lipinski definition) is 2. The molecule has 2 N–H and O–H groups in total. The molecular weight excluding hydrogens is 284 g/mol. The van der Waals surface area contributed by atoms with Crippen molar-refractivity contribution in [3.05, 3.63) is 35.5 Å². The number of rotatable bonds is 3. The Hall–Kier alpha value is -2.50. The van der Waals surface area contributed by atoms with Crippen LogP contribution in [0.25, 0.3) is 10.9 Å². The molecule has 1 aromatic heterocycles. The summed E-state index contributed by atoms with van der Waals surface area (Å²) in [5, 5.41) is 12.7. The van der Waals surface area contributed by atoms with E-state index in [2.05, 4.69) is 5.32 Å². The van der Waals surface area contributed by atoms with Gasteiger partial charge in [0.2, 0.25) is 0 Å². The molecule has 0 atom stereocenters. The van der Waals surface area contributed by atoms with Gasteiger partial charge in [-0.2, -0.15) is 0 Å². The van der Waals surface area contributed by atoms with Crippen molar-refractivity contribution >= 4 is 23.0 Å². The Balaban J connectivity index is 2.24. The number of aromatic nitrogens is 1. The molecule has 1 amide bonds. The average Bonchev–Trinajstić information content (AvgIpc) is 2.73.